The van der Waals surface area contributed by atoms with E-state index in [4.69, 9.17) is 4.74 Å². The summed E-state index contributed by atoms with van der Waals surface area (Å²) in [5, 5.41) is 23.6. The van der Waals surface area contributed by atoms with E-state index < -0.39 is 15.5 Å². The van der Waals surface area contributed by atoms with Crippen molar-refractivity contribution >= 4 is 22.1 Å². The lowest BCUT2D eigenvalue weighted by molar-refractivity contribution is -0.394. The molecule has 0 aliphatic carbocycles. The molecule has 114 valence electrons. The van der Waals surface area contributed by atoms with Crippen LogP contribution in [0.3, 0.4) is 0 Å². The Balaban J connectivity index is 2.08. The highest BCUT2D eigenvalue weighted by Gasteiger charge is 2.21. The van der Waals surface area contributed by atoms with Gasteiger partial charge in [-0.2, -0.15) is 0 Å². The SMILES string of the molecule is O=[N+]([O-])c1ccc(Oc2cccc3ccccc23)c([N+](=O)[O-])c1. The molecule has 0 saturated heterocycles. The number of benzene rings is 3. The van der Waals surface area contributed by atoms with E-state index in [2.05, 4.69) is 0 Å². The molecule has 0 unspecified atom stereocenters. The van der Waals surface area contributed by atoms with Gasteiger partial charge in [0.05, 0.1) is 15.9 Å². The summed E-state index contributed by atoms with van der Waals surface area (Å²) in [4.78, 5) is 20.5. The molecule has 0 aliphatic heterocycles. The number of fused-ring (bicyclic) bond motifs is 1. The van der Waals surface area contributed by atoms with Crippen molar-refractivity contribution in [1.82, 2.24) is 0 Å². The Morgan fingerprint density at radius 3 is 2.26 bits per heavy atom. The monoisotopic (exact) mass is 310 g/mol. The predicted octanol–water partition coefficient (Wildman–Crippen LogP) is 4.45. The molecule has 0 saturated carbocycles. The molecule has 0 fully saturated rings. The minimum absolute atomic E-state index is 0.0445. The van der Waals surface area contributed by atoms with Gasteiger partial charge in [0.25, 0.3) is 5.69 Å². The molecule has 0 radical (unpaired) electrons. The van der Waals surface area contributed by atoms with E-state index in [9.17, 15) is 20.2 Å². The molecule has 0 aromatic heterocycles. The Hall–Kier alpha value is -3.48. The smallest absolute Gasteiger partial charge is 0.318 e. The van der Waals surface area contributed by atoms with Crippen LogP contribution in [-0.4, -0.2) is 9.85 Å². The Morgan fingerprint density at radius 1 is 0.783 bits per heavy atom. The molecule has 23 heavy (non-hydrogen) atoms. The van der Waals surface area contributed by atoms with Crippen LogP contribution >= 0.6 is 0 Å². The first kappa shape index (κ1) is 14.5. The zero-order valence-corrected chi connectivity index (χ0v) is 11.7. The van der Waals surface area contributed by atoms with E-state index in [1.165, 1.54) is 12.1 Å². The predicted molar refractivity (Wildman–Crippen MR) is 83.8 cm³/mol. The number of ether oxygens (including phenoxy) is 1. The van der Waals surface area contributed by atoms with Gasteiger partial charge in [0.15, 0.2) is 0 Å². The third-order valence-electron chi connectivity index (χ3n) is 3.32. The van der Waals surface area contributed by atoms with Gasteiger partial charge in [0, 0.05) is 11.5 Å². The molecule has 0 heterocycles. The Bertz CT molecular complexity index is 918. The fourth-order valence-corrected chi connectivity index (χ4v) is 2.25. The minimum atomic E-state index is -0.701. The summed E-state index contributed by atoms with van der Waals surface area (Å²) >= 11 is 0. The number of nitro groups is 2. The van der Waals surface area contributed by atoms with E-state index in [-0.39, 0.29) is 11.4 Å². The largest absolute Gasteiger partial charge is 0.449 e. The minimum Gasteiger partial charge on any atom is -0.449 e. The molecule has 0 amide bonds. The molecule has 0 N–H and O–H groups in total. The van der Waals surface area contributed by atoms with E-state index in [0.717, 1.165) is 16.8 Å². The molecule has 0 bridgehead atoms. The molecule has 0 atom stereocenters. The van der Waals surface area contributed by atoms with Crippen LogP contribution in [0.15, 0.2) is 60.7 Å². The van der Waals surface area contributed by atoms with Crippen molar-refractivity contribution in [3.8, 4) is 11.5 Å². The van der Waals surface area contributed by atoms with Crippen molar-refractivity contribution in [2.75, 3.05) is 0 Å². The summed E-state index contributed by atoms with van der Waals surface area (Å²) in [7, 11) is 0. The molecule has 3 aromatic rings. The van der Waals surface area contributed by atoms with Gasteiger partial charge in [-0.3, -0.25) is 20.2 Å². The number of hydrogen-bond acceptors (Lipinski definition) is 5. The van der Waals surface area contributed by atoms with Crippen LogP contribution in [0.4, 0.5) is 11.4 Å². The molecular formula is C16H10N2O5. The molecule has 3 rings (SSSR count). The van der Waals surface area contributed by atoms with E-state index in [1.54, 1.807) is 12.1 Å². The number of non-ortho nitro benzene ring substituents is 1. The van der Waals surface area contributed by atoms with E-state index in [1.807, 2.05) is 30.3 Å². The van der Waals surface area contributed by atoms with Gasteiger partial charge < -0.3 is 4.74 Å². The van der Waals surface area contributed by atoms with Gasteiger partial charge in [-0.15, -0.1) is 0 Å². The second-order valence-corrected chi connectivity index (χ2v) is 4.75. The highest BCUT2D eigenvalue weighted by atomic mass is 16.6. The topological polar surface area (TPSA) is 95.5 Å². The standard InChI is InChI=1S/C16H10N2O5/c19-17(20)12-8-9-16(14(10-12)18(21)22)23-15-7-3-5-11-4-1-2-6-13(11)15/h1-10H. The number of nitro benzene ring substituents is 2. The molecule has 3 aromatic carbocycles. The van der Waals surface area contributed by atoms with Gasteiger partial charge >= 0.3 is 5.69 Å². The summed E-state index contributed by atoms with van der Waals surface area (Å²) in [5.41, 5.74) is -0.811. The summed E-state index contributed by atoms with van der Waals surface area (Å²) < 4.78 is 5.65. The van der Waals surface area contributed by atoms with Crippen molar-refractivity contribution in [1.29, 1.82) is 0 Å². The van der Waals surface area contributed by atoms with Crippen molar-refractivity contribution in [3.63, 3.8) is 0 Å². The first-order chi connectivity index (χ1) is 11.1. The maximum atomic E-state index is 11.2. The number of nitrogens with zero attached hydrogens (tertiary/aromatic N) is 2. The second kappa shape index (κ2) is 5.72. The Labute approximate surface area is 130 Å². The van der Waals surface area contributed by atoms with Crippen LogP contribution in [0.1, 0.15) is 0 Å². The molecule has 0 aliphatic rings. The highest BCUT2D eigenvalue weighted by molar-refractivity contribution is 5.88. The fraction of sp³-hybridized carbons (Fsp3) is 0. The highest BCUT2D eigenvalue weighted by Crippen LogP contribution is 2.36. The quantitative estimate of drug-likeness (QED) is 0.524. The zero-order chi connectivity index (χ0) is 16.4. The van der Waals surface area contributed by atoms with Gasteiger partial charge in [-0.05, 0) is 17.5 Å². The molecule has 7 heteroatoms. The summed E-state index contributed by atoms with van der Waals surface area (Å²) in [6.45, 7) is 0. The fourth-order valence-electron chi connectivity index (χ4n) is 2.25. The van der Waals surface area contributed by atoms with Crippen molar-refractivity contribution in [3.05, 3.63) is 80.9 Å². The van der Waals surface area contributed by atoms with Crippen LogP contribution in [-0.2, 0) is 0 Å². The van der Waals surface area contributed by atoms with E-state index >= 15 is 0 Å². The molecule has 7 nitrogen and oxygen atoms in total. The van der Waals surface area contributed by atoms with Gasteiger partial charge in [0.1, 0.15) is 5.75 Å². The molecular weight excluding hydrogens is 300 g/mol. The average molecular weight is 310 g/mol. The van der Waals surface area contributed by atoms with Crippen LogP contribution in [0.2, 0.25) is 0 Å². The molecule has 0 spiro atoms. The van der Waals surface area contributed by atoms with Gasteiger partial charge in [-0.1, -0.05) is 36.4 Å². The summed E-state index contributed by atoms with van der Waals surface area (Å²) in [6, 6.07) is 16.1. The van der Waals surface area contributed by atoms with Gasteiger partial charge in [-0.25, -0.2) is 0 Å². The summed E-state index contributed by atoms with van der Waals surface area (Å²) in [6.07, 6.45) is 0. The van der Waals surface area contributed by atoms with Crippen LogP contribution in [0.25, 0.3) is 10.8 Å². The summed E-state index contributed by atoms with van der Waals surface area (Å²) in [5.74, 6) is 0.400. The first-order valence-electron chi connectivity index (χ1n) is 6.65. The van der Waals surface area contributed by atoms with Crippen molar-refractivity contribution in [2.24, 2.45) is 0 Å². The third kappa shape index (κ3) is 2.80. The Kier molecular flexibility index (Phi) is 3.60. The average Bonchev–Trinajstić information content (AvgIpc) is 2.55. The van der Waals surface area contributed by atoms with E-state index in [0.29, 0.717) is 5.75 Å². The first-order valence-corrected chi connectivity index (χ1v) is 6.65. The van der Waals surface area contributed by atoms with Crippen molar-refractivity contribution < 1.29 is 14.6 Å². The normalized spacial score (nSPS) is 10.4. The second-order valence-electron chi connectivity index (χ2n) is 4.75. The maximum absolute atomic E-state index is 11.2. The lowest BCUT2D eigenvalue weighted by atomic mass is 10.1. The van der Waals surface area contributed by atoms with Crippen LogP contribution < -0.4 is 4.74 Å². The zero-order valence-electron chi connectivity index (χ0n) is 11.7. The Morgan fingerprint density at radius 2 is 1.52 bits per heavy atom. The van der Waals surface area contributed by atoms with Crippen molar-refractivity contribution in [2.45, 2.75) is 0 Å². The third-order valence-corrected chi connectivity index (χ3v) is 3.32. The number of rotatable bonds is 4. The lowest BCUT2D eigenvalue weighted by Crippen LogP contribution is -1.96. The van der Waals surface area contributed by atoms with Crippen LogP contribution in [0.5, 0.6) is 11.5 Å². The maximum Gasteiger partial charge on any atom is 0.318 e. The van der Waals surface area contributed by atoms with Gasteiger partial charge in [0.2, 0.25) is 5.75 Å². The van der Waals surface area contributed by atoms with Crippen LogP contribution in [0, 0.1) is 20.2 Å². The lowest BCUT2D eigenvalue weighted by Gasteiger charge is -2.09. The number of hydrogen-bond donors (Lipinski definition) is 0.